The average molecular weight is 478 g/mol. The summed E-state index contributed by atoms with van der Waals surface area (Å²) in [5.74, 6) is -0.463. The van der Waals surface area contributed by atoms with Crippen molar-refractivity contribution in [3.63, 3.8) is 0 Å². The Morgan fingerprint density at radius 3 is 2.80 bits per heavy atom. The largest absolute Gasteiger partial charge is 0.387 e. The topological polar surface area (TPSA) is 127 Å². The molecule has 3 aromatic heterocycles. The van der Waals surface area contributed by atoms with Crippen LogP contribution in [0.5, 0.6) is 0 Å². The molecule has 2 fully saturated rings. The Hall–Kier alpha value is -3.55. The molecule has 35 heavy (non-hydrogen) atoms. The maximum absolute atomic E-state index is 14.2. The lowest BCUT2D eigenvalue weighted by molar-refractivity contribution is -0.00177. The Morgan fingerprint density at radius 1 is 1.37 bits per heavy atom. The number of aromatic nitrogens is 3. The van der Waals surface area contributed by atoms with Crippen LogP contribution in [0, 0.1) is 16.7 Å². The van der Waals surface area contributed by atoms with Crippen LogP contribution in [0.2, 0.25) is 0 Å². The number of rotatable bonds is 7. The van der Waals surface area contributed by atoms with Crippen molar-refractivity contribution in [2.45, 2.75) is 44.5 Å². The number of aliphatic hydroxyl groups is 1. The van der Waals surface area contributed by atoms with Crippen LogP contribution >= 0.6 is 0 Å². The van der Waals surface area contributed by atoms with Crippen LogP contribution in [0.3, 0.4) is 0 Å². The number of hydrogen-bond acceptors (Lipinski definition) is 7. The summed E-state index contributed by atoms with van der Waals surface area (Å²) in [6, 6.07) is 9.59. The van der Waals surface area contributed by atoms with Crippen LogP contribution in [0.25, 0.3) is 16.9 Å². The molecule has 1 spiro atoms. The molecule has 9 nitrogen and oxygen atoms in total. The third-order valence-corrected chi connectivity index (χ3v) is 6.97. The number of hydrogen-bond donors (Lipinski definition) is 4. The van der Waals surface area contributed by atoms with Crippen molar-refractivity contribution in [2.75, 3.05) is 25.0 Å². The van der Waals surface area contributed by atoms with Gasteiger partial charge in [0, 0.05) is 25.3 Å². The third kappa shape index (κ3) is 4.45. The monoisotopic (exact) mass is 477 g/mol. The first-order valence-electron chi connectivity index (χ1n) is 11.7. The molecule has 5 rings (SSSR count). The number of amides is 1. The predicted octanol–water partition coefficient (Wildman–Crippen LogP) is 2.27. The number of fused-ring (bicyclic) bond motifs is 1. The highest BCUT2D eigenvalue weighted by Gasteiger charge is 2.48. The Kier molecular flexibility index (Phi) is 5.69. The summed E-state index contributed by atoms with van der Waals surface area (Å²) in [6.07, 6.45) is 3.39. The molecule has 1 amide bonds. The molecule has 1 aliphatic carbocycles. The van der Waals surface area contributed by atoms with Crippen LogP contribution < -0.4 is 16.0 Å². The van der Waals surface area contributed by atoms with Crippen molar-refractivity contribution in [1.29, 1.82) is 5.26 Å². The Balaban J connectivity index is 1.43. The highest BCUT2D eigenvalue weighted by molar-refractivity contribution is 6.00. The van der Waals surface area contributed by atoms with E-state index in [4.69, 9.17) is 5.26 Å². The molecule has 1 aliphatic heterocycles. The zero-order valence-electron chi connectivity index (χ0n) is 19.7. The first-order valence-corrected chi connectivity index (χ1v) is 11.7. The zero-order chi connectivity index (χ0) is 24.8. The second-order valence-corrected chi connectivity index (χ2v) is 10.2. The van der Waals surface area contributed by atoms with Crippen molar-refractivity contribution in [2.24, 2.45) is 5.41 Å². The van der Waals surface area contributed by atoms with Gasteiger partial charge < -0.3 is 21.1 Å². The highest BCUT2D eigenvalue weighted by atomic mass is 19.1. The number of anilines is 1. The Bertz CT molecular complexity index is 1310. The average Bonchev–Trinajstić information content (AvgIpc) is 3.20. The fraction of sp³-hybridized carbons (Fsp3) is 0.440. The quantitative estimate of drug-likeness (QED) is 0.411. The van der Waals surface area contributed by atoms with Gasteiger partial charge in [0.05, 0.1) is 52.1 Å². The molecule has 1 unspecified atom stereocenters. The SMILES string of the molecule is CC(C)(O)C(F)CNC(=O)c1cnc(-c2ccc3cc(C#N)cnn23)cc1NC1CC2(CNC2)C1. The van der Waals surface area contributed by atoms with E-state index < -0.39 is 17.7 Å². The van der Waals surface area contributed by atoms with Gasteiger partial charge in [-0.3, -0.25) is 9.78 Å². The molecule has 1 saturated heterocycles. The van der Waals surface area contributed by atoms with Crippen molar-refractivity contribution < 1.29 is 14.3 Å². The number of pyridine rings is 1. The second-order valence-electron chi connectivity index (χ2n) is 10.2. The molecule has 0 aromatic carbocycles. The molecular weight excluding hydrogens is 449 g/mol. The summed E-state index contributed by atoms with van der Waals surface area (Å²) in [5.41, 5.74) is 2.28. The second kappa shape index (κ2) is 8.59. The van der Waals surface area contributed by atoms with E-state index in [1.165, 1.54) is 26.2 Å². The predicted molar refractivity (Wildman–Crippen MR) is 129 cm³/mol. The molecule has 1 atom stereocenters. The molecule has 3 aromatic rings. The van der Waals surface area contributed by atoms with E-state index in [-0.39, 0.29) is 12.6 Å². The van der Waals surface area contributed by atoms with Crippen molar-refractivity contribution in [3.8, 4) is 17.5 Å². The number of alkyl halides is 1. The van der Waals surface area contributed by atoms with E-state index >= 15 is 0 Å². The van der Waals surface area contributed by atoms with E-state index in [2.05, 4.69) is 32.1 Å². The number of halogens is 1. The van der Waals surface area contributed by atoms with Gasteiger partial charge in [-0.05, 0) is 56.4 Å². The summed E-state index contributed by atoms with van der Waals surface area (Å²) in [6.45, 7) is 4.45. The van der Waals surface area contributed by atoms with E-state index in [1.807, 2.05) is 18.2 Å². The van der Waals surface area contributed by atoms with Gasteiger partial charge in [0.2, 0.25) is 0 Å². The molecule has 0 bridgehead atoms. The van der Waals surface area contributed by atoms with Gasteiger partial charge in [0.25, 0.3) is 5.91 Å². The van der Waals surface area contributed by atoms with E-state index in [0.29, 0.717) is 27.9 Å². The number of nitrogens with one attached hydrogen (secondary N) is 3. The summed E-state index contributed by atoms with van der Waals surface area (Å²) < 4.78 is 15.9. The van der Waals surface area contributed by atoms with E-state index in [9.17, 15) is 14.3 Å². The fourth-order valence-corrected chi connectivity index (χ4v) is 4.75. The minimum Gasteiger partial charge on any atom is -0.387 e. The molecule has 0 radical (unpaired) electrons. The maximum Gasteiger partial charge on any atom is 0.255 e. The number of nitriles is 1. The zero-order valence-corrected chi connectivity index (χ0v) is 19.7. The van der Waals surface area contributed by atoms with Gasteiger partial charge in [-0.2, -0.15) is 10.4 Å². The maximum atomic E-state index is 14.2. The summed E-state index contributed by atoms with van der Waals surface area (Å²) >= 11 is 0. The van der Waals surface area contributed by atoms with Crippen LogP contribution in [-0.2, 0) is 0 Å². The third-order valence-electron chi connectivity index (χ3n) is 6.97. The molecular formula is C25H28FN7O2. The summed E-state index contributed by atoms with van der Waals surface area (Å²) in [4.78, 5) is 17.5. The molecule has 182 valence electrons. The highest BCUT2D eigenvalue weighted by Crippen LogP contribution is 2.45. The molecule has 10 heteroatoms. The molecule has 4 N–H and O–H groups in total. The van der Waals surface area contributed by atoms with Crippen LogP contribution in [0.1, 0.15) is 42.6 Å². The van der Waals surface area contributed by atoms with Crippen molar-refractivity contribution in [3.05, 3.63) is 47.8 Å². The van der Waals surface area contributed by atoms with Crippen LogP contribution in [0.4, 0.5) is 10.1 Å². The minimum atomic E-state index is -1.61. The number of carbonyl (C=O) groups excluding carboxylic acids is 1. The minimum absolute atomic E-state index is 0.226. The van der Waals surface area contributed by atoms with Crippen molar-refractivity contribution >= 4 is 17.1 Å². The number of nitrogens with zero attached hydrogens (tertiary/aromatic N) is 4. The molecule has 4 heterocycles. The van der Waals surface area contributed by atoms with Crippen LogP contribution in [0.15, 0.2) is 36.7 Å². The summed E-state index contributed by atoms with van der Waals surface area (Å²) in [7, 11) is 0. The van der Waals surface area contributed by atoms with E-state index in [0.717, 1.165) is 37.1 Å². The van der Waals surface area contributed by atoms with Gasteiger partial charge in [-0.1, -0.05) is 0 Å². The standard InChI is InChI=1S/C25H28FN7O2/c1-24(2,35)22(26)12-30-23(34)18-11-29-20(6-19(18)32-16-7-25(8-16)13-28-14-25)21-4-3-17-5-15(9-27)10-31-33(17)21/h3-6,10-11,16,22,28,35H,7-8,12-14H2,1-2H3,(H,29,32)(H,30,34). The van der Waals surface area contributed by atoms with Gasteiger partial charge in [0.15, 0.2) is 0 Å². The smallest absolute Gasteiger partial charge is 0.255 e. The van der Waals surface area contributed by atoms with Gasteiger partial charge >= 0.3 is 0 Å². The first-order chi connectivity index (χ1) is 16.7. The van der Waals surface area contributed by atoms with Gasteiger partial charge in [0.1, 0.15) is 12.2 Å². The van der Waals surface area contributed by atoms with Gasteiger partial charge in [-0.15, -0.1) is 0 Å². The lowest BCUT2D eigenvalue weighted by Crippen LogP contribution is -2.63. The Labute approximate surface area is 202 Å². The van der Waals surface area contributed by atoms with Gasteiger partial charge in [-0.25, -0.2) is 8.91 Å². The molecule has 2 aliphatic rings. The van der Waals surface area contributed by atoms with Crippen LogP contribution in [-0.4, -0.2) is 63.1 Å². The Morgan fingerprint density at radius 2 is 2.14 bits per heavy atom. The number of carbonyl (C=O) groups is 1. The molecule has 1 saturated carbocycles. The fourth-order valence-electron chi connectivity index (χ4n) is 4.75. The van der Waals surface area contributed by atoms with Crippen molar-refractivity contribution in [1.82, 2.24) is 25.2 Å². The summed E-state index contributed by atoms with van der Waals surface area (Å²) in [5, 5.41) is 32.7. The van der Waals surface area contributed by atoms with E-state index in [1.54, 1.807) is 10.6 Å². The lowest BCUT2D eigenvalue weighted by Gasteiger charge is -2.54. The normalized spacial score (nSPS) is 17.9. The first kappa shape index (κ1) is 23.2. The lowest BCUT2D eigenvalue weighted by atomic mass is 9.61.